The van der Waals surface area contributed by atoms with Gasteiger partial charge >= 0.3 is 0 Å². The average molecular weight is 398 g/mol. The van der Waals surface area contributed by atoms with E-state index in [0.717, 1.165) is 10.5 Å². The van der Waals surface area contributed by atoms with Gasteiger partial charge in [0.2, 0.25) is 5.91 Å². The van der Waals surface area contributed by atoms with Crippen LogP contribution in [0.1, 0.15) is 5.56 Å². The smallest absolute Gasteiger partial charge is 0.263 e. The van der Waals surface area contributed by atoms with Crippen LogP contribution in [0.4, 0.5) is 11.4 Å². The molecule has 0 bridgehead atoms. The van der Waals surface area contributed by atoms with E-state index in [9.17, 15) is 14.4 Å². The first kappa shape index (κ1) is 18.1. The number of hydrogen-bond acceptors (Lipinski definition) is 6. The molecule has 4 rings (SSSR count). The van der Waals surface area contributed by atoms with Crippen molar-refractivity contribution in [1.29, 1.82) is 0 Å². The van der Waals surface area contributed by atoms with Crippen molar-refractivity contribution in [2.45, 2.75) is 19.0 Å². The minimum atomic E-state index is -0.960. The summed E-state index contributed by atoms with van der Waals surface area (Å²) in [4.78, 5) is 38.9. The molecule has 0 aliphatic carbocycles. The first-order valence-electron chi connectivity index (χ1n) is 8.61. The molecule has 142 valence electrons. The van der Waals surface area contributed by atoms with Crippen LogP contribution in [-0.2, 0) is 14.4 Å². The summed E-state index contributed by atoms with van der Waals surface area (Å²) in [6, 6.07) is 11.9. The van der Waals surface area contributed by atoms with Gasteiger partial charge in [0.15, 0.2) is 12.1 Å². The van der Waals surface area contributed by atoms with Gasteiger partial charge in [-0.05, 0) is 42.8 Å². The predicted molar refractivity (Wildman–Crippen MR) is 103 cm³/mol. The van der Waals surface area contributed by atoms with E-state index in [1.807, 2.05) is 25.1 Å². The molecule has 2 heterocycles. The van der Waals surface area contributed by atoms with E-state index in [1.165, 1.54) is 11.1 Å². The second-order valence-corrected chi connectivity index (χ2v) is 7.04. The number of benzene rings is 2. The Hall–Kier alpha value is -3.26. The van der Waals surface area contributed by atoms with Crippen LogP contribution >= 0.6 is 11.6 Å². The Morgan fingerprint density at radius 2 is 1.93 bits per heavy atom. The van der Waals surface area contributed by atoms with E-state index in [2.05, 4.69) is 15.7 Å². The van der Waals surface area contributed by atoms with Crippen molar-refractivity contribution >= 4 is 40.7 Å². The molecule has 0 unspecified atom stereocenters. The van der Waals surface area contributed by atoms with Crippen LogP contribution in [-0.4, -0.2) is 41.4 Å². The van der Waals surface area contributed by atoms with Gasteiger partial charge in [0.25, 0.3) is 11.8 Å². The topological polar surface area (TPSA) is 94.4 Å². The molecule has 1 N–H and O–H groups in total. The number of nitrogens with zero attached hydrogens (tertiary/aromatic N) is 4. The summed E-state index contributed by atoms with van der Waals surface area (Å²) < 4.78 is 0. The Bertz CT molecular complexity index is 1010. The molecule has 1 fully saturated rings. The van der Waals surface area contributed by atoms with Crippen molar-refractivity contribution in [2.24, 2.45) is 10.3 Å². The largest absolute Gasteiger partial charge is 0.324 e. The van der Waals surface area contributed by atoms with Gasteiger partial charge in [-0.2, -0.15) is 5.11 Å². The third-order valence-corrected chi connectivity index (χ3v) is 4.77. The number of anilines is 2. The van der Waals surface area contributed by atoms with Crippen LogP contribution in [0.25, 0.3) is 0 Å². The maximum Gasteiger partial charge on any atom is 0.263 e. The molecule has 0 aromatic heterocycles. The van der Waals surface area contributed by atoms with Crippen molar-refractivity contribution in [3.05, 3.63) is 59.1 Å². The Balaban J connectivity index is 1.49. The van der Waals surface area contributed by atoms with Crippen molar-refractivity contribution < 1.29 is 14.4 Å². The van der Waals surface area contributed by atoms with Crippen LogP contribution in [0, 0.1) is 6.92 Å². The number of fused-ring (bicyclic) bond motifs is 1. The minimum Gasteiger partial charge on any atom is -0.324 e. The molecular weight excluding hydrogens is 382 g/mol. The summed E-state index contributed by atoms with van der Waals surface area (Å²) >= 11 is 5.97. The number of amides is 3. The number of carbonyl (C=O) groups is 3. The van der Waals surface area contributed by atoms with Gasteiger partial charge in [-0.15, -0.1) is 0 Å². The molecule has 8 nitrogen and oxygen atoms in total. The number of aryl methyl sites for hydroxylation is 1. The van der Waals surface area contributed by atoms with Crippen molar-refractivity contribution in [3.63, 3.8) is 0 Å². The van der Waals surface area contributed by atoms with Crippen molar-refractivity contribution in [2.75, 3.05) is 16.8 Å². The number of imide groups is 1. The van der Waals surface area contributed by atoms with E-state index >= 15 is 0 Å². The lowest BCUT2D eigenvalue weighted by molar-refractivity contribution is -0.123. The monoisotopic (exact) mass is 397 g/mol. The van der Waals surface area contributed by atoms with Gasteiger partial charge in [0.05, 0.1) is 5.69 Å². The Morgan fingerprint density at radius 1 is 1.14 bits per heavy atom. The summed E-state index contributed by atoms with van der Waals surface area (Å²) in [5, 5.41) is 12.2. The number of rotatable bonds is 4. The number of carbonyl (C=O) groups excluding carboxylic acids is 3. The fourth-order valence-electron chi connectivity index (χ4n) is 3.29. The van der Waals surface area contributed by atoms with E-state index in [4.69, 9.17) is 11.6 Å². The van der Waals surface area contributed by atoms with Gasteiger partial charge in [-0.1, -0.05) is 35.0 Å². The Labute approximate surface area is 165 Å². The zero-order valence-electron chi connectivity index (χ0n) is 14.9. The van der Waals surface area contributed by atoms with Gasteiger partial charge in [-0.3, -0.25) is 19.4 Å². The number of halogens is 1. The molecule has 0 saturated carbocycles. The van der Waals surface area contributed by atoms with Gasteiger partial charge < -0.3 is 5.32 Å². The highest BCUT2D eigenvalue weighted by Crippen LogP contribution is 2.32. The van der Waals surface area contributed by atoms with E-state index in [1.54, 1.807) is 24.3 Å². The van der Waals surface area contributed by atoms with Crippen LogP contribution in [0.3, 0.4) is 0 Å². The maximum atomic E-state index is 12.9. The molecule has 2 aromatic rings. The Morgan fingerprint density at radius 3 is 2.68 bits per heavy atom. The summed E-state index contributed by atoms with van der Waals surface area (Å²) in [6.07, 6.45) is 0. The van der Waals surface area contributed by atoms with E-state index in [0.29, 0.717) is 16.4 Å². The molecule has 1 saturated heterocycles. The molecule has 9 heteroatoms. The normalized spacial score (nSPS) is 20.6. The quantitative estimate of drug-likeness (QED) is 0.802. The highest BCUT2D eigenvalue weighted by atomic mass is 35.5. The third kappa shape index (κ3) is 3.22. The fourth-order valence-corrected chi connectivity index (χ4v) is 3.48. The Kier molecular flexibility index (Phi) is 4.56. The number of nitrogens with one attached hydrogen (secondary N) is 1. The third-order valence-electron chi connectivity index (χ3n) is 4.53. The zero-order chi connectivity index (χ0) is 19.8. The second kappa shape index (κ2) is 7.05. The van der Waals surface area contributed by atoms with Gasteiger partial charge in [0, 0.05) is 10.7 Å². The van der Waals surface area contributed by atoms with Gasteiger partial charge in [-0.25, -0.2) is 4.90 Å². The SMILES string of the molecule is Cc1cccc(NC(=O)CN2N=N[C@H]3C(=O)N(c4cccc(Cl)c4)C(=O)[C@H]32)c1. The molecule has 28 heavy (non-hydrogen) atoms. The van der Waals surface area contributed by atoms with Crippen LogP contribution < -0.4 is 10.2 Å². The molecule has 0 radical (unpaired) electrons. The van der Waals surface area contributed by atoms with Crippen LogP contribution in [0.5, 0.6) is 0 Å². The second-order valence-electron chi connectivity index (χ2n) is 6.60. The minimum absolute atomic E-state index is 0.193. The first-order valence-corrected chi connectivity index (χ1v) is 8.99. The lowest BCUT2D eigenvalue weighted by Gasteiger charge is -2.20. The van der Waals surface area contributed by atoms with Crippen LogP contribution in [0.2, 0.25) is 5.02 Å². The first-order chi connectivity index (χ1) is 13.4. The van der Waals surface area contributed by atoms with E-state index < -0.39 is 23.9 Å². The van der Waals surface area contributed by atoms with Gasteiger partial charge in [0.1, 0.15) is 6.54 Å². The molecule has 2 atom stereocenters. The zero-order valence-corrected chi connectivity index (χ0v) is 15.6. The molecule has 2 aliphatic rings. The predicted octanol–water partition coefficient (Wildman–Crippen LogP) is 2.58. The fraction of sp³-hybridized carbons (Fsp3) is 0.211. The summed E-state index contributed by atoms with van der Waals surface area (Å²) in [5.74, 6) is -1.32. The summed E-state index contributed by atoms with van der Waals surface area (Å²) in [7, 11) is 0. The summed E-state index contributed by atoms with van der Waals surface area (Å²) in [5.41, 5.74) is 2.02. The highest BCUT2D eigenvalue weighted by Gasteiger charge is 2.55. The molecule has 0 spiro atoms. The van der Waals surface area contributed by atoms with Crippen molar-refractivity contribution in [1.82, 2.24) is 5.01 Å². The lowest BCUT2D eigenvalue weighted by Crippen LogP contribution is -2.43. The van der Waals surface area contributed by atoms with Crippen LogP contribution in [0.15, 0.2) is 58.9 Å². The average Bonchev–Trinajstić information content (AvgIpc) is 3.15. The number of hydrogen-bond donors (Lipinski definition) is 1. The molecule has 2 aliphatic heterocycles. The maximum absolute atomic E-state index is 12.9. The molecule has 2 aromatic carbocycles. The highest BCUT2D eigenvalue weighted by molar-refractivity contribution is 6.31. The molecular formula is C19H16ClN5O3. The molecule has 3 amide bonds. The summed E-state index contributed by atoms with van der Waals surface area (Å²) in [6.45, 7) is 1.73. The lowest BCUT2D eigenvalue weighted by atomic mass is 10.1. The van der Waals surface area contributed by atoms with Crippen molar-refractivity contribution in [3.8, 4) is 0 Å². The van der Waals surface area contributed by atoms with E-state index in [-0.39, 0.29) is 12.5 Å². The standard InChI is InChI=1S/C19H16ClN5O3/c1-11-4-2-6-13(8-11)21-15(26)10-24-17-16(22-23-24)18(27)25(19(17)28)14-7-3-5-12(20)9-14/h2-9,16-17H,10H2,1H3,(H,21,26)/t16-,17+/m1/s1.